The number of ketones is 1. The van der Waals surface area contributed by atoms with E-state index in [9.17, 15) is 14.7 Å². The van der Waals surface area contributed by atoms with E-state index < -0.39 is 0 Å². The molecule has 2 aliphatic carbocycles. The zero-order chi connectivity index (χ0) is 35.2. The van der Waals surface area contributed by atoms with Crippen LogP contribution in [-0.2, 0) is 22.5 Å². The van der Waals surface area contributed by atoms with Crippen LogP contribution in [0.15, 0.2) is 103 Å². The van der Waals surface area contributed by atoms with E-state index in [1.165, 1.54) is 22.3 Å². The second-order valence-corrected chi connectivity index (χ2v) is 14.1. The largest absolute Gasteiger partial charge is 0.508 e. The van der Waals surface area contributed by atoms with Crippen molar-refractivity contribution in [2.45, 2.75) is 75.8 Å². The van der Waals surface area contributed by atoms with Gasteiger partial charge in [-0.15, -0.1) is 0 Å². The lowest BCUT2D eigenvalue weighted by Gasteiger charge is -2.34. The molecule has 1 saturated carbocycles. The van der Waals surface area contributed by atoms with Crippen LogP contribution in [0, 0.1) is 0 Å². The summed E-state index contributed by atoms with van der Waals surface area (Å²) >= 11 is 0. The first-order valence-corrected chi connectivity index (χ1v) is 18.4. The topological polar surface area (TPSA) is 85.3 Å². The van der Waals surface area contributed by atoms with Gasteiger partial charge < -0.3 is 24.2 Å². The van der Waals surface area contributed by atoms with Crippen LogP contribution in [0.4, 0.5) is 0 Å². The van der Waals surface area contributed by atoms with Crippen molar-refractivity contribution in [2.24, 2.45) is 0 Å². The molecule has 3 atom stereocenters. The van der Waals surface area contributed by atoms with Crippen molar-refractivity contribution in [2.75, 3.05) is 26.4 Å². The highest BCUT2D eigenvalue weighted by Gasteiger charge is 2.38. The van der Waals surface area contributed by atoms with E-state index >= 15 is 0 Å². The fourth-order valence-electron chi connectivity index (χ4n) is 7.94. The van der Waals surface area contributed by atoms with Crippen LogP contribution in [0.3, 0.4) is 0 Å². The van der Waals surface area contributed by atoms with Crippen molar-refractivity contribution in [3.63, 3.8) is 0 Å². The molecular weight excluding hydrogens is 638 g/mol. The molecule has 0 bridgehead atoms. The van der Waals surface area contributed by atoms with E-state index in [1.54, 1.807) is 11.0 Å². The van der Waals surface area contributed by atoms with Gasteiger partial charge in [-0.05, 0) is 115 Å². The molecule has 0 spiro atoms. The number of phenolic OH excluding ortho intramolecular Hbond substituents is 1. The molecule has 0 unspecified atom stereocenters. The number of Topliss-reactive ketones (excluding diaryl/α,β-unsaturated/α-hetero) is 1. The molecule has 4 aromatic rings. The summed E-state index contributed by atoms with van der Waals surface area (Å²) in [6.07, 6.45) is 6.37. The molecule has 4 aromatic carbocycles. The number of amides is 1. The zero-order valence-electron chi connectivity index (χ0n) is 29.2. The number of hydrogen-bond donors (Lipinski definition) is 1. The van der Waals surface area contributed by atoms with E-state index in [-0.39, 0.29) is 23.7 Å². The van der Waals surface area contributed by atoms with Crippen molar-refractivity contribution in [3.05, 3.63) is 137 Å². The number of benzene rings is 4. The maximum absolute atomic E-state index is 13.0. The van der Waals surface area contributed by atoms with Gasteiger partial charge in [0.25, 0.3) is 5.91 Å². The van der Waals surface area contributed by atoms with Crippen LogP contribution in [0.5, 0.6) is 17.2 Å². The predicted molar refractivity (Wildman–Crippen MR) is 198 cm³/mol. The highest BCUT2D eigenvalue weighted by molar-refractivity contribution is 6.02. The zero-order valence-corrected chi connectivity index (χ0v) is 29.2. The van der Waals surface area contributed by atoms with Crippen LogP contribution in [0.25, 0.3) is 0 Å². The van der Waals surface area contributed by atoms with E-state index in [1.807, 2.05) is 24.3 Å². The molecule has 1 fully saturated rings. The number of ether oxygens (including phenoxy) is 3. The third-order valence-electron chi connectivity index (χ3n) is 10.6. The third-order valence-corrected chi connectivity index (χ3v) is 10.6. The van der Waals surface area contributed by atoms with Gasteiger partial charge in [-0.1, -0.05) is 60.7 Å². The summed E-state index contributed by atoms with van der Waals surface area (Å²) in [5.74, 6) is 2.54. The smallest absolute Gasteiger partial charge is 0.255 e. The van der Waals surface area contributed by atoms with Gasteiger partial charge in [0.15, 0.2) is 5.78 Å². The summed E-state index contributed by atoms with van der Waals surface area (Å²) in [4.78, 5) is 27.2. The van der Waals surface area contributed by atoms with Gasteiger partial charge in [-0.25, -0.2) is 0 Å². The van der Waals surface area contributed by atoms with Gasteiger partial charge in [0, 0.05) is 44.1 Å². The van der Waals surface area contributed by atoms with Gasteiger partial charge in [0.1, 0.15) is 17.2 Å². The highest BCUT2D eigenvalue weighted by Crippen LogP contribution is 2.47. The molecule has 1 aliphatic heterocycles. The molecular formula is C44H47NO6. The number of nitrogens with zero attached hydrogens (tertiary/aromatic N) is 1. The number of phenols is 1. The Hall–Kier alpha value is -4.88. The molecule has 3 aliphatic rings. The van der Waals surface area contributed by atoms with E-state index in [4.69, 9.17) is 14.2 Å². The highest BCUT2D eigenvalue weighted by atomic mass is 16.5. The van der Waals surface area contributed by atoms with Gasteiger partial charge in [-0.3, -0.25) is 9.59 Å². The molecule has 1 amide bonds. The predicted octanol–water partition coefficient (Wildman–Crippen LogP) is 8.53. The van der Waals surface area contributed by atoms with Crippen molar-refractivity contribution in [1.29, 1.82) is 0 Å². The number of hydrogen-bond acceptors (Lipinski definition) is 6. The summed E-state index contributed by atoms with van der Waals surface area (Å²) in [6, 6.07) is 30.3. The summed E-state index contributed by atoms with van der Waals surface area (Å²) in [7, 11) is 0. The van der Waals surface area contributed by atoms with Crippen LogP contribution in [0.2, 0.25) is 0 Å². The van der Waals surface area contributed by atoms with E-state index in [2.05, 4.69) is 67.2 Å². The maximum atomic E-state index is 13.0. The van der Waals surface area contributed by atoms with Gasteiger partial charge in [-0.2, -0.15) is 0 Å². The molecule has 0 radical (unpaired) electrons. The van der Waals surface area contributed by atoms with E-state index in [0.29, 0.717) is 63.0 Å². The number of carbonyl (C=O) groups excluding carboxylic acids is 2. The molecule has 7 heteroatoms. The monoisotopic (exact) mass is 685 g/mol. The minimum Gasteiger partial charge on any atom is -0.508 e. The SMILES string of the molecule is C=C1CC[C@@H](N2Cc3cc(OCCCCOCCCOc4ccc([C@@H]5c6ccc(O)cc6CC[C@@H]5c5ccccc5)cc4)ccc3C2=O)C(=O)C1. The molecule has 0 saturated heterocycles. The van der Waals surface area contributed by atoms with Gasteiger partial charge in [0.2, 0.25) is 0 Å². The first-order valence-electron chi connectivity index (χ1n) is 18.4. The Kier molecular flexibility index (Phi) is 10.8. The molecule has 1 N–H and O–H groups in total. The normalized spacial score (nSPS) is 19.9. The Morgan fingerprint density at radius 1 is 0.725 bits per heavy atom. The van der Waals surface area contributed by atoms with Crippen LogP contribution >= 0.6 is 0 Å². The minimum atomic E-state index is -0.352. The summed E-state index contributed by atoms with van der Waals surface area (Å²) in [5.41, 5.74) is 7.67. The van der Waals surface area contributed by atoms with Crippen molar-refractivity contribution in [1.82, 2.24) is 4.90 Å². The quantitative estimate of drug-likeness (QED) is 0.106. The second-order valence-electron chi connectivity index (χ2n) is 14.1. The number of allylic oxidation sites excluding steroid dienone is 1. The standard InChI is InChI=1S/C44H47NO6/c1-30-10-21-41(42(47)26-30)45-29-34-28-37(17-20-40(34)44(45)48)51-24-6-5-22-49-23-7-25-50-36-15-11-32(12-16-36)43-38(31-8-3-2-4-9-31)18-13-33-27-35(46)14-19-39(33)43/h2-4,8-9,11-12,14-17,19-20,27-28,38,41,43,46H,1,5-7,10,13,18,21-26,29H2/t38-,41-,43+/m1/s1. The average molecular weight is 686 g/mol. The molecule has 7 nitrogen and oxygen atoms in total. The molecule has 51 heavy (non-hydrogen) atoms. The Balaban J connectivity index is 0.804. The maximum Gasteiger partial charge on any atom is 0.255 e. The Bertz CT molecular complexity index is 1850. The second kappa shape index (κ2) is 16.0. The number of unbranched alkanes of at least 4 members (excludes halogenated alkanes) is 1. The van der Waals surface area contributed by atoms with Gasteiger partial charge >= 0.3 is 0 Å². The van der Waals surface area contributed by atoms with Crippen molar-refractivity contribution >= 4 is 11.7 Å². The lowest BCUT2D eigenvalue weighted by molar-refractivity contribution is -0.124. The van der Waals surface area contributed by atoms with Crippen molar-refractivity contribution < 1.29 is 28.9 Å². The molecule has 1 heterocycles. The number of fused-ring (bicyclic) bond motifs is 2. The number of aryl methyl sites for hydroxylation is 1. The Labute approximate surface area is 300 Å². The Morgan fingerprint density at radius 3 is 2.29 bits per heavy atom. The Morgan fingerprint density at radius 2 is 1.47 bits per heavy atom. The van der Waals surface area contributed by atoms with Gasteiger partial charge in [0.05, 0.1) is 19.3 Å². The van der Waals surface area contributed by atoms with Crippen LogP contribution < -0.4 is 9.47 Å². The fourth-order valence-corrected chi connectivity index (χ4v) is 7.94. The average Bonchev–Trinajstić information content (AvgIpc) is 3.47. The van der Waals surface area contributed by atoms with Crippen LogP contribution in [-0.4, -0.2) is 54.2 Å². The van der Waals surface area contributed by atoms with E-state index in [0.717, 1.165) is 61.2 Å². The first kappa shape index (κ1) is 34.6. The van der Waals surface area contributed by atoms with Crippen molar-refractivity contribution in [3.8, 4) is 17.2 Å². The summed E-state index contributed by atoms with van der Waals surface area (Å²) in [5, 5.41) is 10.1. The summed E-state index contributed by atoms with van der Waals surface area (Å²) in [6.45, 7) is 6.85. The number of rotatable bonds is 14. The molecule has 7 rings (SSSR count). The molecule has 0 aromatic heterocycles. The minimum absolute atomic E-state index is 0.0654. The number of carbonyl (C=O) groups is 2. The first-order chi connectivity index (χ1) is 24.9. The fraction of sp³-hybridized carbons (Fsp3) is 0.364. The molecule has 264 valence electrons. The lowest BCUT2D eigenvalue weighted by atomic mass is 9.69. The lowest BCUT2D eigenvalue weighted by Crippen LogP contribution is -2.43. The third kappa shape index (κ3) is 8.04. The number of aromatic hydroxyl groups is 1. The summed E-state index contributed by atoms with van der Waals surface area (Å²) < 4.78 is 17.9. The van der Waals surface area contributed by atoms with Crippen LogP contribution in [0.1, 0.15) is 95.0 Å².